The van der Waals surface area contributed by atoms with E-state index in [1.54, 1.807) is 7.11 Å². The maximum absolute atomic E-state index is 11.6. The van der Waals surface area contributed by atoms with E-state index in [2.05, 4.69) is 10.6 Å². The van der Waals surface area contributed by atoms with Crippen LogP contribution in [-0.4, -0.2) is 26.3 Å². The van der Waals surface area contributed by atoms with Crippen molar-refractivity contribution in [2.24, 2.45) is 0 Å². The highest BCUT2D eigenvalue weighted by Gasteiger charge is 2.00. The standard InChI is InChI=1S/C17H20N2O3/c1-21-15-9-7-14(8-10-15)13-19-17(20)18-11-12-22-16-5-3-2-4-6-16/h2-10H,11-13H2,1H3,(H2,18,19,20). The second-order valence-electron chi connectivity index (χ2n) is 4.62. The number of carbonyl (C=O) groups is 1. The summed E-state index contributed by atoms with van der Waals surface area (Å²) in [5.41, 5.74) is 1.01. The lowest BCUT2D eigenvalue weighted by Gasteiger charge is -2.09. The maximum Gasteiger partial charge on any atom is 0.315 e. The second-order valence-corrected chi connectivity index (χ2v) is 4.62. The SMILES string of the molecule is COc1ccc(CNC(=O)NCCOc2ccccc2)cc1. The monoisotopic (exact) mass is 300 g/mol. The van der Waals surface area contributed by atoms with Gasteiger partial charge in [0.25, 0.3) is 0 Å². The average Bonchev–Trinajstić information content (AvgIpc) is 2.58. The molecule has 0 aliphatic carbocycles. The Hall–Kier alpha value is -2.69. The van der Waals surface area contributed by atoms with Gasteiger partial charge in [0.1, 0.15) is 18.1 Å². The highest BCUT2D eigenvalue weighted by molar-refractivity contribution is 5.73. The highest BCUT2D eigenvalue weighted by Crippen LogP contribution is 2.10. The first-order valence-corrected chi connectivity index (χ1v) is 7.10. The minimum absolute atomic E-state index is 0.215. The molecule has 0 fully saturated rings. The highest BCUT2D eigenvalue weighted by atomic mass is 16.5. The zero-order valence-corrected chi connectivity index (χ0v) is 12.5. The van der Waals surface area contributed by atoms with Gasteiger partial charge in [-0.15, -0.1) is 0 Å². The van der Waals surface area contributed by atoms with E-state index in [4.69, 9.17) is 9.47 Å². The van der Waals surface area contributed by atoms with Gasteiger partial charge in [-0.3, -0.25) is 0 Å². The zero-order valence-electron chi connectivity index (χ0n) is 12.5. The minimum atomic E-state index is -0.215. The molecule has 2 amide bonds. The molecular weight excluding hydrogens is 280 g/mol. The lowest BCUT2D eigenvalue weighted by molar-refractivity contribution is 0.236. The third kappa shape index (κ3) is 5.36. The van der Waals surface area contributed by atoms with Gasteiger partial charge in [-0.1, -0.05) is 30.3 Å². The van der Waals surface area contributed by atoms with E-state index in [0.29, 0.717) is 19.7 Å². The Bertz CT molecular complexity index is 570. The van der Waals surface area contributed by atoms with Crippen molar-refractivity contribution in [3.05, 3.63) is 60.2 Å². The quantitative estimate of drug-likeness (QED) is 0.773. The van der Waals surface area contributed by atoms with Crippen molar-refractivity contribution >= 4 is 6.03 Å². The molecule has 0 aliphatic heterocycles. The Morgan fingerprint density at radius 3 is 2.36 bits per heavy atom. The van der Waals surface area contributed by atoms with E-state index in [1.807, 2.05) is 54.6 Å². The Kier molecular flexibility index (Phi) is 6.11. The molecule has 5 heteroatoms. The fourth-order valence-corrected chi connectivity index (χ4v) is 1.84. The number of carbonyl (C=O) groups excluding carboxylic acids is 1. The van der Waals surface area contributed by atoms with Gasteiger partial charge in [0.15, 0.2) is 0 Å². The number of benzene rings is 2. The molecule has 0 saturated heterocycles. The Balaban J connectivity index is 1.61. The number of rotatable bonds is 7. The Morgan fingerprint density at radius 1 is 0.955 bits per heavy atom. The first-order chi connectivity index (χ1) is 10.8. The number of ether oxygens (including phenoxy) is 2. The summed E-state index contributed by atoms with van der Waals surface area (Å²) in [5.74, 6) is 1.59. The molecule has 22 heavy (non-hydrogen) atoms. The molecular formula is C17H20N2O3. The normalized spacial score (nSPS) is 9.86. The number of hydrogen-bond donors (Lipinski definition) is 2. The van der Waals surface area contributed by atoms with Crippen LogP contribution in [0.15, 0.2) is 54.6 Å². The van der Waals surface area contributed by atoms with E-state index in [9.17, 15) is 4.79 Å². The van der Waals surface area contributed by atoms with Crippen LogP contribution in [-0.2, 0) is 6.54 Å². The van der Waals surface area contributed by atoms with Crippen molar-refractivity contribution in [3.63, 3.8) is 0 Å². The van der Waals surface area contributed by atoms with Crippen molar-refractivity contribution in [3.8, 4) is 11.5 Å². The fourth-order valence-electron chi connectivity index (χ4n) is 1.84. The van der Waals surface area contributed by atoms with Crippen LogP contribution in [0, 0.1) is 0 Å². The molecule has 0 aliphatic rings. The molecule has 0 spiro atoms. The van der Waals surface area contributed by atoms with E-state index < -0.39 is 0 Å². The van der Waals surface area contributed by atoms with Gasteiger partial charge in [-0.2, -0.15) is 0 Å². The van der Waals surface area contributed by atoms with Crippen molar-refractivity contribution in [2.45, 2.75) is 6.54 Å². The lowest BCUT2D eigenvalue weighted by atomic mass is 10.2. The molecule has 116 valence electrons. The van der Waals surface area contributed by atoms with Gasteiger partial charge in [0.2, 0.25) is 0 Å². The molecule has 0 radical (unpaired) electrons. The lowest BCUT2D eigenvalue weighted by Crippen LogP contribution is -2.37. The first kappa shape index (κ1) is 15.7. The van der Waals surface area contributed by atoms with Crippen LogP contribution in [0.5, 0.6) is 11.5 Å². The zero-order chi connectivity index (χ0) is 15.6. The van der Waals surface area contributed by atoms with Crippen LogP contribution in [0.4, 0.5) is 4.79 Å². The Labute approximate surface area is 130 Å². The van der Waals surface area contributed by atoms with Gasteiger partial charge in [-0.25, -0.2) is 4.79 Å². The van der Waals surface area contributed by atoms with Crippen LogP contribution in [0.1, 0.15) is 5.56 Å². The van der Waals surface area contributed by atoms with Crippen molar-refractivity contribution in [1.82, 2.24) is 10.6 Å². The van der Waals surface area contributed by atoms with Crippen LogP contribution in [0.3, 0.4) is 0 Å². The van der Waals surface area contributed by atoms with Gasteiger partial charge in [-0.05, 0) is 29.8 Å². The molecule has 0 saturated carbocycles. The molecule has 2 rings (SSSR count). The van der Waals surface area contributed by atoms with Crippen LogP contribution in [0.2, 0.25) is 0 Å². The van der Waals surface area contributed by atoms with Gasteiger partial charge >= 0.3 is 6.03 Å². The number of para-hydroxylation sites is 1. The average molecular weight is 300 g/mol. The molecule has 5 nitrogen and oxygen atoms in total. The summed E-state index contributed by atoms with van der Waals surface area (Å²) in [6.45, 7) is 1.35. The van der Waals surface area contributed by atoms with Gasteiger partial charge in [0, 0.05) is 6.54 Å². The van der Waals surface area contributed by atoms with E-state index in [0.717, 1.165) is 17.1 Å². The number of methoxy groups -OCH3 is 1. The smallest absolute Gasteiger partial charge is 0.315 e. The first-order valence-electron chi connectivity index (χ1n) is 7.10. The Morgan fingerprint density at radius 2 is 1.68 bits per heavy atom. The van der Waals surface area contributed by atoms with E-state index >= 15 is 0 Å². The fraction of sp³-hybridized carbons (Fsp3) is 0.235. The minimum Gasteiger partial charge on any atom is -0.497 e. The summed E-state index contributed by atoms with van der Waals surface area (Å²) in [7, 11) is 1.62. The van der Waals surface area contributed by atoms with Crippen molar-refractivity contribution in [2.75, 3.05) is 20.3 Å². The molecule has 0 aromatic heterocycles. The maximum atomic E-state index is 11.6. The van der Waals surface area contributed by atoms with Crippen molar-refractivity contribution < 1.29 is 14.3 Å². The molecule has 0 heterocycles. The third-order valence-corrected chi connectivity index (χ3v) is 3.01. The molecule has 2 aromatic rings. The molecule has 0 atom stereocenters. The topological polar surface area (TPSA) is 59.6 Å². The number of hydrogen-bond acceptors (Lipinski definition) is 3. The van der Waals surface area contributed by atoms with Crippen molar-refractivity contribution in [1.29, 1.82) is 0 Å². The summed E-state index contributed by atoms with van der Waals surface area (Å²) in [4.78, 5) is 11.6. The predicted molar refractivity (Wildman–Crippen MR) is 85.2 cm³/mol. The number of amides is 2. The van der Waals surface area contributed by atoms with Crippen LogP contribution in [0.25, 0.3) is 0 Å². The van der Waals surface area contributed by atoms with Crippen LogP contribution < -0.4 is 20.1 Å². The number of nitrogens with one attached hydrogen (secondary N) is 2. The second kappa shape index (κ2) is 8.56. The molecule has 2 aromatic carbocycles. The summed E-state index contributed by atoms with van der Waals surface area (Å²) < 4.78 is 10.6. The summed E-state index contributed by atoms with van der Waals surface area (Å²) in [6, 6.07) is 16.8. The predicted octanol–water partition coefficient (Wildman–Crippen LogP) is 2.57. The van der Waals surface area contributed by atoms with Gasteiger partial charge < -0.3 is 20.1 Å². The van der Waals surface area contributed by atoms with Crippen LogP contribution >= 0.6 is 0 Å². The van der Waals surface area contributed by atoms with E-state index in [-0.39, 0.29) is 6.03 Å². The van der Waals surface area contributed by atoms with E-state index in [1.165, 1.54) is 0 Å². The molecule has 2 N–H and O–H groups in total. The molecule has 0 unspecified atom stereocenters. The van der Waals surface area contributed by atoms with Gasteiger partial charge in [0.05, 0.1) is 13.7 Å². The largest absolute Gasteiger partial charge is 0.497 e. The summed E-state index contributed by atoms with van der Waals surface area (Å²) in [5, 5.41) is 5.53. The molecule has 0 bridgehead atoms. The third-order valence-electron chi connectivity index (χ3n) is 3.01. The number of urea groups is 1. The summed E-state index contributed by atoms with van der Waals surface area (Å²) >= 11 is 0. The summed E-state index contributed by atoms with van der Waals surface area (Å²) in [6.07, 6.45) is 0.